The van der Waals surface area contributed by atoms with Crippen LogP contribution in [0, 0.1) is 0 Å². The van der Waals surface area contributed by atoms with Crippen LogP contribution in [0.3, 0.4) is 0 Å². The van der Waals surface area contributed by atoms with E-state index in [9.17, 15) is 39.0 Å². The van der Waals surface area contributed by atoms with Crippen LogP contribution in [0.4, 0.5) is 0 Å². The first-order chi connectivity index (χ1) is 15.9. The topological polar surface area (TPSA) is 229 Å². The van der Waals surface area contributed by atoms with Crippen LogP contribution >= 0.6 is 0 Å². The van der Waals surface area contributed by atoms with Gasteiger partial charge in [-0.3, -0.25) is 0 Å². The molecule has 0 atom stereocenters. The summed E-state index contributed by atoms with van der Waals surface area (Å²) in [6, 6.07) is 0. The van der Waals surface area contributed by atoms with Crippen LogP contribution in [0.25, 0.3) is 0 Å². The van der Waals surface area contributed by atoms with Gasteiger partial charge in [-0.15, -0.1) is 0 Å². The molecule has 0 aromatic rings. The average Bonchev–Trinajstić information content (AvgIpc) is 2.69. The van der Waals surface area contributed by atoms with E-state index in [0.717, 1.165) is 0 Å². The second-order valence-corrected chi connectivity index (χ2v) is 6.48. The van der Waals surface area contributed by atoms with Crippen molar-refractivity contribution in [2.75, 3.05) is 0 Å². The van der Waals surface area contributed by atoms with Crippen LogP contribution in [0.2, 0.25) is 0 Å². The first-order valence-corrected chi connectivity index (χ1v) is 9.15. The van der Waals surface area contributed by atoms with E-state index in [2.05, 4.69) is 39.5 Å². The van der Waals surface area contributed by atoms with E-state index in [1.54, 1.807) is 0 Å². The third kappa shape index (κ3) is 76.5. The van der Waals surface area contributed by atoms with Gasteiger partial charge in [0, 0.05) is 44.0 Å². The molecule has 0 spiro atoms. The summed E-state index contributed by atoms with van der Waals surface area (Å²) in [5.41, 5.74) is 0.833. The molecular formula is C24H34BaO12Ti. The quantitative estimate of drug-likeness (QED) is 0.223. The number of carboxylic acids is 6. The summed E-state index contributed by atoms with van der Waals surface area (Å²) in [6.07, 6.45) is 0. The molecular weight excluding hydrogens is 665 g/mol. The van der Waals surface area contributed by atoms with Gasteiger partial charge in [-0.1, -0.05) is 39.5 Å². The molecule has 0 fully saturated rings. The fraction of sp³-hybridized carbons (Fsp3) is 0.250. The first kappa shape index (κ1) is 55.9. The molecule has 0 amide bonds. The van der Waals surface area contributed by atoms with Gasteiger partial charge in [-0.05, 0) is 52.7 Å². The SMILES string of the molecule is C=C(C)C(=O)O.C=C(C)C(=O)O.C=C(C)C(=O)O.C=C(C)C(=O)O.C=C(C)C(=O)[O-].C=C(C)C(=O)[O-].[Ba+2].[Ti]. The molecule has 38 heavy (non-hydrogen) atoms. The smallest absolute Gasteiger partial charge is 0.545 e. The van der Waals surface area contributed by atoms with Crippen molar-refractivity contribution in [2.24, 2.45) is 0 Å². The van der Waals surface area contributed by atoms with Crippen molar-refractivity contribution in [1.29, 1.82) is 0 Å². The molecule has 0 unspecified atom stereocenters. The van der Waals surface area contributed by atoms with Crippen LogP contribution < -0.4 is 10.2 Å². The van der Waals surface area contributed by atoms with E-state index in [1.807, 2.05) is 0 Å². The normalized spacial score (nSPS) is 7.11. The van der Waals surface area contributed by atoms with Gasteiger partial charge in [-0.2, -0.15) is 0 Å². The van der Waals surface area contributed by atoms with Crippen molar-refractivity contribution >= 4 is 84.7 Å². The van der Waals surface area contributed by atoms with Crippen molar-refractivity contribution in [1.82, 2.24) is 0 Å². The van der Waals surface area contributed by atoms with Crippen molar-refractivity contribution in [3.05, 3.63) is 72.9 Å². The Morgan fingerprint density at radius 3 is 0.474 bits per heavy atom. The third-order valence-corrected chi connectivity index (χ3v) is 2.16. The van der Waals surface area contributed by atoms with Gasteiger partial charge in [0.05, 0.1) is 11.9 Å². The molecule has 0 radical (unpaired) electrons. The van der Waals surface area contributed by atoms with Gasteiger partial charge >= 0.3 is 72.8 Å². The minimum atomic E-state index is -1.19. The van der Waals surface area contributed by atoms with E-state index in [-0.39, 0.29) is 104 Å². The monoisotopic (exact) mass is 700 g/mol. The van der Waals surface area contributed by atoms with Crippen molar-refractivity contribution in [3.8, 4) is 0 Å². The fourth-order valence-electron chi connectivity index (χ4n) is 0. The number of carbonyl (C=O) groups is 6. The summed E-state index contributed by atoms with van der Waals surface area (Å²) < 4.78 is 0. The van der Waals surface area contributed by atoms with Gasteiger partial charge in [-0.25, -0.2) is 19.2 Å². The summed E-state index contributed by atoms with van der Waals surface area (Å²) in [6.45, 7) is 27.4. The van der Waals surface area contributed by atoms with Crippen LogP contribution in [0.15, 0.2) is 72.9 Å². The molecule has 14 heteroatoms. The molecule has 0 saturated carbocycles. The number of carbonyl (C=O) groups excluding carboxylic acids is 2. The standard InChI is InChI=1S/6C4H6O2.Ba.Ti/c6*1-3(2)4(5)6;;/h6*1H2,2H3,(H,5,6);;/q;;;;;;+2;/p-2. The van der Waals surface area contributed by atoms with E-state index >= 15 is 0 Å². The Labute approximate surface area is 277 Å². The second-order valence-electron chi connectivity index (χ2n) is 6.48. The first-order valence-electron chi connectivity index (χ1n) is 9.15. The van der Waals surface area contributed by atoms with Crippen molar-refractivity contribution < 1.29 is 81.1 Å². The Kier molecular flexibility index (Phi) is 50.8. The maximum absolute atomic E-state index is 9.60. The number of carboxylic acid groups (broad SMARTS) is 6. The summed E-state index contributed by atoms with van der Waals surface area (Å²) in [4.78, 5) is 57.4. The van der Waals surface area contributed by atoms with Crippen LogP contribution in [0.1, 0.15) is 41.5 Å². The number of rotatable bonds is 6. The largest absolute Gasteiger partial charge is 2.00 e. The van der Waals surface area contributed by atoms with E-state index in [4.69, 9.17) is 20.4 Å². The number of hydrogen-bond acceptors (Lipinski definition) is 8. The zero-order chi connectivity index (χ0) is 30.9. The molecule has 12 nitrogen and oxygen atoms in total. The molecule has 0 aliphatic rings. The summed E-state index contributed by atoms with van der Waals surface area (Å²) in [5.74, 6) is -6.11. The summed E-state index contributed by atoms with van der Waals surface area (Å²) >= 11 is 0. The van der Waals surface area contributed by atoms with Crippen molar-refractivity contribution in [2.45, 2.75) is 41.5 Å². The average molecular weight is 700 g/mol. The minimum absolute atomic E-state index is 0. The van der Waals surface area contributed by atoms with Gasteiger partial charge in [0.15, 0.2) is 0 Å². The van der Waals surface area contributed by atoms with Gasteiger partial charge in [0.25, 0.3) is 0 Å². The molecule has 4 N–H and O–H groups in total. The van der Waals surface area contributed by atoms with E-state index in [1.165, 1.54) is 41.5 Å². The molecule has 0 aromatic carbocycles. The Balaban J connectivity index is -0.0000000469. The molecule has 0 heterocycles. The third-order valence-electron chi connectivity index (χ3n) is 2.16. The minimum Gasteiger partial charge on any atom is -0.545 e. The Morgan fingerprint density at radius 2 is 0.474 bits per heavy atom. The predicted octanol–water partition coefficient (Wildman–Crippen LogP) is 0.830. The summed E-state index contributed by atoms with van der Waals surface area (Å²) in [5, 5.41) is 50.5. The van der Waals surface area contributed by atoms with Crippen molar-refractivity contribution in [3.63, 3.8) is 0 Å². The maximum atomic E-state index is 9.60. The molecule has 0 saturated heterocycles. The molecule has 0 aromatic heterocycles. The van der Waals surface area contributed by atoms with Crippen LogP contribution in [-0.2, 0) is 50.5 Å². The zero-order valence-electron chi connectivity index (χ0n) is 22.5. The van der Waals surface area contributed by atoms with Crippen LogP contribution in [-0.4, -0.2) is 105 Å². The molecule has 208 valence electrons. The van der Waals surface area contributed by atoms with Gasteiger partial charge in [0.2, 0.25) is 0 Å². The molecule has 0 rings (SSSR count). The Bertz CT molecular complexity index is 629. The van der Waals surface area contributed by atoms with E-state index in [0.29, 0.717) is 0 Å². The maximum Gasteiger partial charge on any atom is 2.00 e. The van der Waals surface area contributed by atoms with Crippen LogP contribution in [0.5, 0.6) is 0 Å². The number of hydrogen-bond donors (Lipinski definition) is 4. The Morgan fingerprint density at radius 1 is 0.421 bits per heavy atom. The van der Waals surface area contributed by atoms with Gasteiger partial charge < -0.3 is 40.2 Å². The van der Waals surface area contributed by atoms with E-state index < -0.39 is 35.8 Å². The Hall–Kier alpha value is -2.45. The fourth-order valence-corrected chi connectivity index (χ4v) is 0. The zero-order valence-corrected chi connectivity index (χ0v) is 28.5. The molecule has 0 aliphatic heterocycles. The summed E-state index contributed by atoms with van der Waals surface area (Å²) in [7, 11) is 0. The van der Waals surface area contributed by atoms with Gasteiger partial charge in [0.1, 0.15) is 0 Å². The molecule has 0 aliphatic carbocycles. The molecule has 0 bridgehead atoms. The predicted molar refractivity (Wildman–Crippen MR) is 135 cm³/mol. The number of aliphatic carboxylic acids is 6. The second kappa shape index (κ2) is 34.5.